The minimum atomic E-state index is -0.0261. The Morgan fingerprint density at radius 2 is 1.00 bits per heavy atom. The lowest BCUT2D eigenvalue weighted by Gasteiger charge is -2.36. The third kappa shape index (κ3) is 5.88. The van der Waals surface area contributed by atoms with Crippen LogP contribution in [0.2, 0.25) is 0 Å². The van der Waals surface area contributed by atoms with Crippen molar-refractivity contribution in [1.29, 1.82) is 0 Å². The predicted molar refractivity (Wildman–Crippen MR) is 199 cm³/mol. The molecule has 2 amide bonds. The fourth-order valence-corrected chi connectivity index (χ4v) is 7.89. The molecule has 0 spiro atoms. The van der Waals surface area contributed by atoms with Crippen LogP contribution in [-0.4, -0.2) is 106 Å². The lowest BCUT2D eigenvalue weighted by Crippen LogP contribution is -2.42. The highest BCUT2D eigenvalue weighted by molar-refractivity contribution is 5.94. The number of aromatic nitrogens is 12. The van der Waals surface area contributed by atoms with E-state index in [1.54, 1.807) is 24.8 Å². The molecule has 0 unspecified atom stereocenters. The third-order valence-corrected chi connectivity index (χ3v) is 10.9. The molecule has 4 atom stereocenters. The molecule has 0 bridgehead atoms. The molecule has 8 aromatic rings. The first-order valence-corrected chi connectivity index (χ1v) is 18.1. The Morgan fingerprint density at radius 1 is 0.593 bits per heavy atom. The summed E-state index contributed by atoms with van der Waals surface area (Å²) in [7, 11) is 0. The van der Waals surface area contributed by atoms with Gasteiger partial charge in [-0.05, 0) is 36.8 Å². The minimum Gasteiger partial charge on any atom is -0.345 e. The molecule has 0 radical (unpaired) electrons. The average Bonchev–Trinajstić information content (AvgIpc) is 4.04. The van der Waals surface area contributed by atoms with Crippen LogP contribution in [-0.2, 0) is 0 Å². The van der Waals surface area contributed by atoms with Crippen molar-refractivity contribution in [1.82, 2.24) is 68.4 Å². The Morgan fingerprint density at radius 3 is 1.43 bits per heavy atom. The summed E-state index contributed by atoms with van der Waals surface area (Å²) < 4.78 is 4.30. The fourth-order valence-electron chi connectivity index (χ4n) is 7.89. The average molecular weight is 723 g/mol. The molecule has 0 aliphatic carbocycles. The van der Waals surface area contributed by atoms with Gasteiger partial charge in [0, 0.05) is 75.2 Å². The number of amides is 2. The van der Waals surface area contributed by atoms with Crippen LogP contribution in [0.3, 0.4) is 0 Å². The minimum absolute atomic E-state index is 0.0261. The van der Waals surface area contributed by atoms with E-state index in [1.165, 1.54) is 12.7 Å². The number of imidazole rings is 2. The maximum atomic E-state index is 12.9. The molecule has 0 aromatic carbocycles. The number of hydrogen-bond acceptors (Lipinski definition) is 10. The van der Waals surface area contributed by atoms with Gasteiger partial charge < -0.3 is 19.8 Å². The Hall–Kier alpha value is -6.58. The first kappa shape index (κ1) is 33.3. The van der Waals surface area contributed by atoms with Crippen LogP contribution >= 0.6 is 0 Å². The van der Waals surface area contributed by atoms with Crippen molar-refractivity contribution in [2.75, 3.05) is 26.2 Å². The second kappa shape index (κ2) is 13.8. The van der Waals surface area contributed by atoms with Gasteiger partial charge in [-0.1, -0.05) is 13.8 Å². The SMILES string of the molecule is C[C@@H]1CCN(C(=O)c2cncnc2)C[C@@H]1c1ncc2cnc3[nH]ccc3n12.C[C@H]1CCN(C(=O)c2cncnc2)C[C@H]1c1ncc2cnc3[nH]ccc3n12. The van der Waals surface area contributed by atoms with Gasteiger partial charge in [0.2, 0.25) is 0 Å². The maximum absolute atomic E-state index is 12.9. The zero-order valence-corrected chi connectivity index (χ0v) is 29.8. The summed E-state index contributed by atoms with van der Waals surface area (Å²) in [4.78, 5) is 70.0. The van der Waals surface area contributed by atoms with E-state index in [1.807, 2.05) is 59.1 Å². The summed E-state index contributed by atoms with van der Waals surface area (Å²) >= 11 is 0. The van der Waals surface area contributed by atoms with Crippen LogP contribution < -0.4 is 0 Å². The number of carbonyl (C=O) groups is 2. The standard InChI is InChI=1S/2C19H19N7O/c2*1-12-3-5-25(19(27)13-6-20-11-21-7-13)10-15(12)18-24-9-14-8-23-17-16(26(14)18)2-4-22-17/h2*2,4,6-9,11-12,15,22H,3,5,10H2,1H3/t2*12-,15+/m10/s1. The molecule has 54 heavy (non-hydrogen) atoms. The second-order valence-electron chi connectivity index (χ2n) is 14.2. The van der Waals surface area contributed by atoms with Crippen LogP contribution in [0.5, 0.6) is 0 Å². The number of piperidine rings is 2. The Bertz CT molecular complexity index is 2410. The Labute approximate surface area is 308 Å². The highest BCUT2D eigenvalue weighted by Gasteiger charge is 2.35. The topological polar surface area (TPSA) is 184 Å². The van der Waals surface area contributed by atoms with Crippen molar-refractivity contribution in [2.45, 2.75) is 38.5 Å². The van der Waals surface area contributed by atoms with Gasteiger partial charge in [-0.15, -0.1) is 0 Å². The molecule has 2 saturated heterocycles. The summed E-state index contributed by atoms with van der Waals surface area (Å²) in [6, 6.07) is 4.02. The smallest absolute Gasteiger partial charge is 0.257 e. The molecule has 16 nitrogen and oxygen atoms in total. The molecule has 2 N–H and O–H groups in total. The van der Waals surface area contributed by atoms with E-state index in [9.17, 15) is 9.59 Å². The number of likely N-dealkylation sites (tertiary alicyclic amines) is 2. The normalized spacial score (nSPS) is 20.4. The highest BCUT2D eigenvalue weighted by Crippen LogP contribution is 2.35. The van der Waals surface area contributed by atoms with E-state index >= 15 is 0 Å². The van der Waals surface area contributed by atoms with Gasteiger partial charge in [-0.25, -0.2) is 39.9 Å². The van der Waals surface area contributed by atoms with Crippen molar-refractivity contribution in [3.8, 4) is 0 Å². The molecule has 0 saturated carbocycles. The van der Waals surface area contributed by atoms with Crippen LogP contribution in [0, 0.1) is 11.8 Å². The quantitative estimate of drug-likeness (QED) is 0.262. The molecule has 10 heterocycles. The number of rotatable bonds is 4. The molecular weight excluding hydrogens is 685 g/mol. The number of nitrogens with one attached hydrogen (secondary N) is 2. The van der Waals surface area contributed by atoms with Gasteiger partial charge >= 0.3 is 0 Å². The summed E-state index contributed by atoms with van der Waals surface area (Å²) in [6.45, 7) is 7.18. The van der Waals surface area contributed by atoms with Crippen LogP contribution in [0.25, 0.3) is 33.4 Å². The lowest BCUT2D eigenvalue weighted by atomic mass is 9.86. The first-order valence-electron chi connectivity index (χ1n) is 18.1. The van der Waals surface area contributed by atoms with Crippen molar-refractivity contribution in [3.05, 3.63) is 110 Å². The van der Waals surface area contributed by atoms with E-state index < -0.39 is 0 Å². The van der Waals surface area contributed by atoms with Crippen molar-refractivity contribution in [3.63, 3.8) is 0 Å². The van der Waals surface area contributed by atoms with E-state index in [-0.39, 0.29) is 23.7 Å². The number of fused-ring (bicyclic) bond motifs is 6. The van der Waals surface area contributed by atoms with Crippen LogP contribution in [0.1, 0.15) is 70.9 Å². The highest BCUT2D eigenvalue weighted by atomic mass is 16.2. The van der Waals surface area contributed by atoms with Gasteiger partial charge in [0.15, 0.2) is 11.3 Å². The van der Waals surface area contributed by atoms with Crippen LogP contribution in [0.4, 0.5) is 0 Å². The zero-order chi connectivity index (χ0) is 36.8. The Kier molecular flexibility index (Phi) is 8.48. The van der Waals surface area contributed by atoms with Gasteiger partial charge in [-0.2, -0.15) is 0 Å². The van der Waals surface area contributed by atoms with Gasteiger partial charge in [-0.3, -0.25) is 18.4 Å². The molecule has 2 aliphatic heterocycles. The van der Waals surface area contributed by atoms with E-state index in [0.29, 0.717) is 36.1 Å². The summed E-state index contributed by atoms with van der Waals surface area (Å²) in [5.41, 5.74) is 6.65. The van der Waals surface area contributed by atoms with Crippen LogP contribution in [0.15, 0.2) is 86.8 Å². The lowest BCUT2D eigenvalue weighted by molar-refractivity contribution is 0.0656. The van der Waals surface area contributed by atoms with E-state index in [0.717, 1.165) is 70.9 Å². The van der Waals surface area contributed by atoms with Gasteiger partial charge in [0.1, 0.15) is 24.3 Å². The number of carbonyl (C=O) groups excluding carboxylic acids is 2. The molecule has 8 aromatic heterocycles. The summed E-state index contributed by atoms with van der Waals surface area (Å²) in [5, 5.41) is 0. The van der Waals surface area contributed by atoms with Crippen molar-refractivity contribution in [2.24, 2.45) is 11.8 Å². The van der Waals surface area contributed by atoms with E-state index in [4.69, 9.17) is 9.97 Å². The summed E-state index contributed by atoms with van der Waals surface area (Å²) in [6.07, 6.45) is 22.2. The second-order valence-corrected chi connectivity index (χ2v) is 14.2. The maximum Gasteiger partial charge on any atom is 0.257 e. The fraction of sp³-hybridized carbons (Fsp3) is 0.316. The molecule has 10 rings (SSSR count). The predicted octanol–water partition coefficient (Wildman–Crippen LogP) is 4.53. The monoisotopic (exact) mass is 722 g/mol. The van der Waals surface area contributed by atoms with Crippen molar-refractivity contribution < 1.29 is 9.59 Å². The number of H-pyrrole nitrogens is 2. The number of nitrogens with zero attached hydrogens (tertiary/aromatic N) is 12. The molecular formula is C38H38N14O2. The molecule has 272 valence electrons. The molecule has 2 fully saturated rings. The molecule has 16 heteroatoms. The Balaban J connectivity index is 0.000000142. The number of aromatic amines is 2. The summed E-state index contributed by atoms with van der Waals surface area (Å²) in [5.74, 6) is 3.05. The largest absolute Gasteiger partial charge is 0.345 e. The zero-order valence-electron chi connectivity index (χ0n) is 29.8. The van der Waals surface area contributed by atoms with Crippen molar-refractivity contribution >= 4 is 45.2 Å². The first-order chi connectivity index (χ1) is 26.4. The number of hydrogen-bond donors (Lipinski definition) is 2. The van der Waals surface area contributed by atoms with E-state index in [2.05, 4.69) is 62.5 Å². The van der Waals surface area contributed by atoms with Gasteiger partial charge in [0.25, 0.3) is 11.8 Å². The van der Waals surface area contributed by atoms with Gasteiger partial charge in [0.05, 0.1) is 58.0 Å². The third-order valence-electron chi connectivity index (χ3n) is 10.9. The molecule has 2 aliphatic rings.